The summed E-state index contributed by atoms with van der Waals surface area (Å²) < 4.78 is 12.7. The van der Waals surface area contributed by atoms with Gasteiger partial charge in [-0.25, -0.2) is 0 Å². The minimum atomic E-state index is -6.25. The van der Waals surface area contributed by atoms with E-state index >= 15 is 0 Å². The van der Waals surface area contributed by atoms with Crippen molar-refractivity contribution in [1.29, 1.82) is 5.26 Å². The third-order valence-electron chi connectivity index (χ3n) is 10.1. The van der Waals surface area contributed by atoms with E-state index in [9.17, 15) is 19.9 Å². The molecule has 0 amide bonds. The van der Waals surface area contributed by atoms with Crippen molar-refractivity contribution in [2.24, 2.45) is 0 Å². The summed E-state index contributed by atoms with van der Waals surface area (Å²) in [6.45, 7) is 7.80. The van der Waals surface area contributed by atoms with Crippen LogP contribution in [0.1, 0.15) is 56.4 Å². The van der Waals surface area contributed by atoms with Crippen molar-refractivity contribution in [3.05, 3.63) is 144 Å². The Balaban J connectivity index is 1.90. The zero-order chi connectivity index (χ0) is 36.2. The van der Waals surface area contributed by atoms with E-state index in [-0.39, 0.29) is 18.5 Å². The standard InChI is InChI=1S/C41H50N3O5P/c1-31(2)44(32(3)4)39(30-42,40(34-20-10-7-11-21-34,35-22-12-8-13-23-35)36-24-14-9-15-25-36)41(48-5,49-6)50(45,46,47)28-18-19-33-29-43-38-27-17-16-26-37(33)38/h7-17,20-27,29,31-32,43,45-47H,18-19,28H2,1-6H3. The summed E-state index contributed by atoms with van der Waals surface area (Å²) in [6, 6.07) is 38.4. The molecular weight excluding hydrogens is 645 g/mol. The average Bonchev–Trinajstić information content (AvgIpc) is 3.52. The molecule has 0 fully saturated rings. The van der Waals surface area contributed by atoms with Crippen LogP contribution in [0, 0.1) is 11.3 Å². The fraction of sp³-hybridized carbons (Fsp3) is 0.341. The summed E-state index contributed by atoms with van der Waals surface area (Å²) >= 11 is 0. The Morgan fingerprint density at radius 3 is 1.58 bits per heavy atom. The summed E-state index contributed by atoms with van der Waals surface area (Å²) in [5.41, 5.74) is -2.46. The van der Waals surface area contributed by atoms with E-state index in [0.717, 1.165) is 16.5 Å². The Morgan fingerprint density at radius 1 is 0.720 bits per heavy atom. The molecule has 0 bridgehead atoms. The summed E-state index contributed by atoms with van der Waals surface area (Å²) in [4.78, 5) is 43.6. The van der Waals surface area contributed by atoms with Gasteiger partial charge in [0.15, 0.2) is 0 Å². The summed E-state index contributed by atoms with van der Waals surface area (Å²) in [7, 11) is -3.68. The first-order valence-electron chi connectivity index (χ1n) is 17.1. The molecule has 264 valence electrons. The van der Waals surface area contributed by atoms with Gasteiger partial charge < -0.3 is 0 Å². The molecule has 0 aliphatic heterocycles. The van der Waals surface area contributed by atoms with Gasteiger partial charge in [0, 0.05) is 0 Å². The van der Waals surface area contributed by atoms with E-state index in [1.54, 1.807) is 0 Å². The van der Waals surface area contributed by atoms with E-state index in [1.165, 1.54) is 14.2 Å². The SMILES string of the molecule is COC(OC)(C(C#N)(N(C(C)C)C(C)C)C(c1ccccc1)(c1ccccc1)c1ccccc1)P(O)(O)(O)CCCc1c[nH]c2ccccc12. The van der Waals surface area contributed by atoms with Crippen molar-refractivity contribution in [3.63, 3.8) is 0 Å². The Bertz CT molecular complexity index is 1790. The Labute approximate surface area is 296 Å². The second kappa shape index (κ2) is 14.4. The Kier molecular flexibility index (Phi) is 10.7. The van der Waals surface area contributed by atoms with Crippen LogP contribution in [-0.4, -0.2) is 68.1 Å². The first-order chi connectivity index (χ1) is 23.9. The number of nitrogens with one attached hydrogen (secondary N) is 1. The molecule has 50 heavy (non-hydrogen) atoms. The molecule has 1 aromatic heterocycles. The summed E-state index contributed by atoms with van der Waals surface area (Å²) in [5, 5.41) is 13.2. The van der Waals surface area contributed by atoms with Crippen molar-refractivity contribution in [1.82, 2.24) is 9.88 Å². The van der Waals surface area contributed by atoms with Gasteiger partial charge in [0.05, 0.1) is 0 Å². The average molecular weight is 696 g/mol. The molecule has 0 saturated heterocycles. The van der Waals surface area contributed by atoms with Crippen molar-refractivity contribution < 1.29 is 24.2 Å². The summed E-state index contributed by atoms with van der Waals surface area (Å²) in [6.07, 6.45) is 1.99. The van der Waals surface area contributed by atoms with Gasteiger partial charge in [-0.1, -0.05) is 0 Å². The maximum absolute atomic E-state index is 12.8. The number of rotatable bonds is 15. The van der Waals surface area contributed by atoms with Crippen LogP contribution in [0.15, 0.2) is 121 Å². The number of aromatic amines is 1. The predicted molar refractivity (Wildman–Crippen MR) is 201 cm³/mol. The van der Waals surface area contributed by atoms with Crippen LogP contribution in [0.5, 0.6) is 0 Å². The van der Waals surface area contributed by atoms with Crippen LogP contribution in [0.4, 0.5) is 0 Å². The molecule has 4 aromatic carbocycles. The Morgan fingerprint density at radius 2 is 1.16 bits per heavy atom. The molecule has 1 atom stereocenters. The number of H-pyrrole nitrogens is 1. The third kappa shape index (κ3) is 5.78. The number of methoxy groups -OCH3 is 2. The summed E-state index contributed by atoms with van der Waals surface area (Å²) in [5.74, 6) is 0. The predicted octanol–water partition coefficient (Wildman–Crippen LogP) is 7.74. The number of hydrogen-bond acceptors (Lipinski definition) is 7. The van der Waals surface area contributed by atoms with Gasteiger partial charge in [-0.2, -0.15) is 0 Å². The van der Waals surface area contributed by atoms with Gasteiger partial charge in [0.2, 0.25) is 0 Å². The molecule has 1 unspecified atom stereocenters. The van der Waals surface area contributed by atoms with E-state index in [1.807, 2.05) is 154 Å². The van der Waals surface area contributed by atoms with Crippen LogP contribution in [0.3, 0.4) is 0 Å². The van der Waals surface area contributed by atoms with Gasteiger partial charge in [-0.3, -0.25) is 0 Å². The fourth-order valence-electron chi connectivity index (χ4n) is 8.50. The van der Waals surface area contributed by atoms with Crippen LogP contribution in [-0.2, 0) is 21.3 Å². The molecule has 9 heteroatoms. The number of nitrogens with zero attached hydrogens (tertiary/aromatic N) is 2. The Hall–Kier alpha value is -3.90. The number of para-hydroxylation sites is 1. The van der Waals surface area contributed by atoms with Gasteiger partial charge in [0.1, 0.15) is 0 Å². The number of ether oxygens (including phenoxy) is 2. The normalized spacial score (nSPS) is 14.8. The second-order valence-corrected chi connectivity index (χ2v) is 16.9. The van der Waals surface area contributed by atoms with Crippen molar-refractivity contribution in [2.45, 2.75) is 69.1 Å². The van der Waals surface area contributed by atoms with E-state index in [0.29, 0.717) is 23.1 Å². The minimum absolute atomic E-state index is 0.164. The van der Waals surface area contributed by atoms with Gasteiger partial charge in [-0.15, -0.1) is 0 Å². The second-order valence-electron chi connectivity index (χ2n) is 13.6. The number of aromatic nitrogens is 1. The van der Waals surface area contributed by atoms with Crippen LogP contribution in [0.2, 0.25) is 0 Å². The molecule has 0 aliphatic rings. The molecule has 5 rings (SSSR count). The molecule has 0 radical (unpaired) electrons. The van der Waals surface area contributed by atoms with Crippen molar-refractivity contribution in [2.75, 3.05) is 20.4 Å². The van der Waals surface area contributed by atoms with Crippen LogP contribution >= 0.6 is 7.28 Å². The number of aryl methyl sites for hydroxylation is 1. The van der Waals surface area contributed by atoms with Crippen molar-refractivity contribution >= 4 is 18.2 Å². The number of nitriles is 1. The van der Waals surface area contributed by atoms with Crippen LogP contribution < -0.4 is 0 Å². The zero-order valence-electron chi connectivity index (χ0n) is 29.8. The van der Waals surface area contributed by atoms with E-state index < -0.39 is 29.9 Å². The number of fused-ring (bicyclic) bond motifs is 1. The van der Waals surface area contributed by atoms with Gasteiger partial charge in [-0.05, 0) is 0 Å². The quantitative estimate of drug-likeness (QED) is 0.0502. The molecule has 5 aromatic rings. The molecule has 8 nitrogen and oxygen atoms in total. The number of benzene rings is 4. The number of hydrogen-bond donors (Lipinski definition) is 4. The van der Waals surface area contributed by atoms with E-state index in [4.69, 9.17) is 9.47 Å². The monoisotopic (exact) mass is 695 g/mol. The van der Waals surface area contributed by atoms with Crippen LogP contribution in [0.25, 0.3) is 10.9 Å². The molecule has 0 spiro atoms. The first kappa shape index (κ1) is 37.4. The fourth-order valence-corrected chi connectivity index (χ4v) is 11.3. The molecule has 0 saturated carbocycles. The van der Waals surface area contributed by atoms with Gasteiger partial charge >= 0.3 is 297 Å². The maximum atomic E-state index is 12.8. The third-order valence-corrected chi connectivity index (χ3v) is 13.2. The van der Waals surface area contributed by atoms with Gasteiger partial charge in [0.25, 0.3) is 0 Å². The molecule has 0 aliphatic carbocycles. The topological polar surface area (TPSA) is 122 Å². The van der Waals surface area contributed by atoms with Crippen molar-refractivity contribution in [3.8, 4) is 6.07 Å². The zero-order valence-corrected chi connectivity index (χ0v) is 30.7. The van der Waals surface area contributed by atoms with E-state index in [2.05, 4.69) is 11.1 Å². The molecule has 4 N–H and O–H groups in total. The molecular formula is C41H50N3O5P. The molecule has 1 heterocycles. The first-order valence-corrected chi connectivity index (χ1v) is 19.4.